The number of halogens is 1. The first-order valence-electron chi connectivity index (χ1n) is 8.96. The number of amides is 1. The summed E-state index contributed by atoms with van der Waals surface area (Å²) in [6.45, 7) is 5.95. The molecule has 1 aromatic heterocycles. The monoisotopic (exact) mass is 415 g/mol. The SMILES string of the molecule is CC(C)(C)C(=O)NCc1ccc(C(=O)COc2ccc(Cl)c3ccccc23)s1. The van der Waals surface area contributed by atoms with E-state index < -0.39 is 5.41 Å². The van der Waals surface area contributed by atoms with Gasteiger partial charge in [0.25, 0.3) is 0 Å². The van der Waals surface area contributed by atoms with Gasteiger partial charge in [-0.3, -0.25) is 9.59 Å². The number of fused-ring (bicyclic) bond motifs is 1. The lowest BCUT2D eigenvalue weighted by Gasteiger charge is -2.17. The van der Waals surface area contributed by atoms with Crippen molar-refractivity contribution in [1.29, 1.82) is 0 Å². The molecule has 0 unspecified atom stereocenters. The van der Waals surface area contributed by atoms with Crippen molar-refractivity contribution in [2.45, 2.75) is 27.3 Å². The average molecular weight is 416 g/mol. The van der Waals surface area contributed by atoms with Gasteiger partial charge < -0.3 is 10.1 Å². The molecule has 6 heteroatoms. The topological polar surface area (TPSA) is 55.4 Å². The predicted molar refractivity (Wildman–Crippen MR) is 114 cm³/mol. The van der Waals surface area contributed by atoms with Crippen LogP contribution in [0.15, 0.2) is 48.5 Å². The van der Waals surface area contributed by atoms with Crippen LogP contribution in [0.25, 0.3) is 10.8 Å². The highest BCUT2D eigenvalue weighted by Gasteiger charge is 2.21. The molecule has 0 aliphatic heterocycles. The van der Waals surface area contributed by atoms with Gasteiger partial charge in [-0.25, -0.2) is 0 Å². The molecule has 0 bridgehead atoms. The van der Waals surface area contributed by atoms with E-state index in [0.29, 0.717) is 22.2 Å². The second kappa shape index (κ2) is 8.33. The summed E-state index contributed by atoms with van der Waals surface area (Å²) in [6, 6.07) is 14.8. The fraction of sp³-hybridized carbons (Fsp3) is 0.273. The number of hydrogen-bond donors (Lipinski definition) is 1. The smallest absolute Gasteiger partial charge is 0.225 e. The van der Waals surface area contributed by atoms with Crippen LogP contribution >= 0.6 is 22.9 Å². The number of rotatable bonds is 6. The van der Waals surface area contributed by atoms with E-state index in [2.05, 4.69) is 5.32 Å². The molecule has 2 aromatic carbocycles. The molecule has 146 valence electrons. The maximum Gasteiger partial charge on any atom is 0.225 e. The number of benzene rings is 2. The third-order valence-electron chi connectivity index (χ3n) is 4.23. The molecule has 0 saturated carbocycles. The largest absolute Gasteiger partial charge is 0.485 e. The lowest BCUT2D eigenvalue weighted by molar-refractivity contribution is -0.128. The number of ketones is 1. The second-order valence-corrected chi connectivity index (χ2v) is 9.08. The van der Waals surface area contributed by atoms with Gasteiger partial charge in [0.2, 0.25) is 11.7 Å². The molecule has 1 heterocycles. The van der Waals surface area contributed by atoms with E-state index in [1.807, 2.05) is 51.1 Å². The zero-order valence-corrected chi connectivity index (χ0v) is 17.6. The molecule has 0 spiro atoms. The van der Waals surface area contributed by atoms with Crippen LogP contribution < -0.4 is 10.1 Å². The lowest BCUT2D eigenvalue weighted by Crippen LogP contribution is -2.34. The lowest BCUT2D eigenvalue weighted by atomic mass is 9.96. The van der Waals surface area contributed by atoms with Gasteiger partial charge >= 0.3 is 0 Å². The number of Topliss-reactive ketones (excluding diaryl/α,β-unsaturated/α-hetero) is 1. The Hall–Kier alpha value is -2.37. The van der Waals surface area contributed by atoms with E-state index in [-0.39, 0.29) is 18.3 Å². The van der Waals surface area contributed by atoms with Crippen LogP contribution in [0.3, 0.4) is 0 Å². The summed E-state index contributed by atoms with van der Waals surface area (Å²) in [5.41, 5.74) is -0.439. The van der Waals surface area contributed by atoms with E-state index in [9.17, 15) is 9.59 Å². The molecule has 0 fully saturated rings. The number of nitrogens with one attached hydrogen (secondary N) is 1. The van der Waals surface area contributed by atoms with Crippen molar-refractivity contribution in [3.05, 3.63) is 63.3 Å². The zero-order chi connectivity index (χ0) is 20.3. The highest BCUT2D eigenvalue weighted by molar-refractivity contribution is 7.14. The Morgan fingerprint density at radius 3 is 2.46 bits per heavy atom. The molecule has 1 N–H and O–H groups in total. The van der Waals surface area contributed by atoms with Gasteiger partial charge in [0.15, 0.2) is 6.61 Å². The first kappa shape index (κ1) is 20.4. The number of ether oxygens (including phenoxy) is 1. The van der Waals surface area contributed by atoms with Crippen molar-refractivity contribution >= 4 is 45.4 Å². The molecule has 28 heavy (non-hydrogen) atoms. The Morgan fingerprint density at radius 1 is 1.04 bits per heavy atom. The normalized spacial score (nSPS) is 11.4. The minimum Gasteiger partial charge on any atom is -0.485 e. The van der Waals surface area contributed by atoms with Gasteiger partial charge in [-0.15, -0.1) is 11.3 Å². The van der Waals surface area contributed by atoms with E-state index in [0.717, 1.165) is 15.6 Å². The average Bonchev–Trinajstić information content (AvgIpc) is 3.14. The molecule has 3 rings (SSSR count). The Kier molecular flexibility index (Phi) is 6.06. The maximum atomic E-state index is 12.5. The molecule has 0 aliphatic carbocycles. The Labute approximate surface area is 173 Å². The van der Waals surface area contributed by atoms with Crippen molar-refractivity contribution < 1.29 is 14.3 Å². The molecular formula is C22H22ClNO3S. The molecule has 3 aromatic rings. The van der Waals surface area contributed by atoms with Crippen molar-refractivity contribution in [3.8, 4) is 5.75 Å². The molecule has 4 nitrogen and oxygen atoms in total. The first-order chi connectivity index (χ1) is 13.3. The zero-order valence-electron chi connectivity index (χ0n) is 16.0. The van der Waals surface area contributed by atoms with Crippen LogP contribution in [-0.2, 0) is 11.3 Å². The fourth-order valence-electron chi connectivity index (χ4n) is 2.63. The molecule has 0 radical (unpaired) electrons. The van der Waals surface area contributed by atoms with Crippen molar-refractivity contribution in [3.63, 3.8) is 0 Å². The summed E-state index contributed by atoms with van der Waals surface area (Å²) in [5.74, 6) is 0.506. The molecule has 1 amide bonds. The summed E-state index contributed by atoms with van der Waals surface area (Å²) in [6.07, 6.45) is 0. The fourth-order valence-corrected chi connectivity index (χ4v) is 3.73. The summed E-state index contributed by atoms with van der Waals surface area (Å²) in [5, 5.41) is 5.30. The van der Waals surface area contributed by atoms with Crippen LogP contribution in [0.2, 0.25) is 5.02 Å². The summed E-state index contributed by atoms with van der Waals surface area (Å²) >= 11 is 7.59. The standard InChI is InChI=1S/C22H22ClNO3S/c1-22(2,3)21(26)24-12-14-8-11-20(28-14)18(25)13-27-19-10-9-17(23)15-6-4-5-7-16(15)19/h4-11H,12-13H2,1-3H3,(H,24,26). The van der Waals surface area contributed by atoms with Crippen LogP contribution in [0.4, 0.5) is 0 Å². The van der Waals surface area contributed by atoms with Crippen molar-refractivity contribution in [2.75, 3.05) is 6.61 Å². The summed E-state index contributed by atoms with van der Waals surface area (Å²) in [4.78, 5) is 26.0. The third-order valence-corrected chi connectivity index (χ3v) is 5.69. The van der Waals surface area contributed by atoms with Crippen LogP contribution in [0.5, 0.6) is 5.75 Å². The Morgan fingerprint density at radius 2 is 1.75 bits per heavy atom. The molecule has 0 saturated heterocycles. The minimum absolute atomic E-state index is 0.0215. The van der Waals surface area contributed by atoms with Gasteiger partial charge in [-0.1, -0.05) is 56.6 Å². The Bertz CT molecular complexity index is 1020. The number of hydrogen-bond acceptors (Lipinski definition) is 4. The highest BCUT2D eigenvalue weighted by atomic mass is 35.5. The van der Waals surface area contributed by atoms with E-state index in [4.69, 9.17) is 16.3 Å². The van der Waals surface area contributed by atoms with Gasteiger partial charge in [-0.05, 0) is 24.3 Å². The van der Waals surface area contributed by atoms with Crippen LogP contribution in [0.1, 0.15) is 35.3 Å². The third kappa shape index (κ3) is 4.72. The van der Waals surface area contributed by atoms with E-state index >= 15 is 0 Å². The predicted octanol–water partition coefficient (Wildman–Crippen LogP) is 5.48. The number of carbonyl (C=O) groups is 2. The molecule has 0 atom stereocenters. The Balaban J connectivity index is 1.63. The van der Waals surface area contributed by atoms with Crippen LogP contribution in [0, 0.1) is 5.41 Å². The minimum atomic E-state index is -0.439. The van der Waals surface area contributed by atoms with E-state index in [1.165, 1.54) is 11.3 Å². The number of thiophene rings is 1. The van der Waals surface area contributed by atoms with Gasteiger partial charge in [0.05, 0.1) is 11.4 Å². The van der Waals surface area contributed by atoms with Gasteiger partial charge in [-0.2, -0.15) is 0 Å². The maximum absolute atomic E-state index is 12.5. The summed E-state index contributed by atoms with van der Waals surface area (Å²) < 4.78 is 5.77. The van der Waals surface area contributed by atoms with E-state index in [1.54, 1.807) is 18.2 Å². The number of carbonyl (C=O) groups excluding carboxylic acids is 2. The van der Waals surface area contributed by atoms with Gasteiger partial charge in [0.1, 0.15) is 5.75 Å². The van der Waals surface area contributed by atoms with Gasteiger partial charge in [0, 0.05) is 26.1 Å². The molecular weight excluding hydrogens is 394 g/mol. The second-order valence-electron chi connectivity index (χ2n) is 7.50. The molecule has 0 aliphatic rings. The quantitative estimate of drug-likeness (QED) is 0.542. The summed E-state index contributed by atoms with van der Waals surface area (Å²) in [7, 11) is 0. The highest BCUT2D eigenvalue weighted by Crippen LogP contribution is 2.31. The first-order valence-corrected chi connectivity index (χ1v) is 10.2. The van der Waals surface area contributed by atoms with Crippen molar-refractivity contribution in [2.24, 2.45) is 5.41 Å². The van der Waals surface area contributed by atoms with Crippen molar-refractivity contribution in [1.82, 2.24) is 5.32 Å². The van der Waals surface area contributed by atoms with Crippen LogP contribution in [-0.4, -0.2) is 18.3 Å².